The largest absolute Gasteiger partial charge is 0.480 e. The maximum Gasteiger partial charge on any atom is 0.322 e. The lowest BCUT2D eigenvalue weighted by Gasteiger charge is -2.04. The third-order valence-electron chi connectivity index (χ3n) is 1.78. The highest BCUT2D eigenvalue weighted by atomic mass is 16.4. The van der Waals surface area contributed by atoms with E-state index in [1.54, 1.807) is 0 Å². The van der Waals surface area contributed by atoms with Crippen molar-refractivity contribution in [1.29, 1.82) is 0 Å². The van der Waals surface area contributed by atoms with Crippen LogP contribution in [0.1, 0.15) is 12.7 Å². The quantitative estimate of drug-likeness (QED) is 0.615. The smallest absolute Gasteiger partial charge is 0.322 e. The number of hydrogen-bond donors (Lipinski definition) is 2. The van der Waals surface area contributed by atoms with Gasteiger partial charge in [0.15, 0.2) is 5.82 Å². The highest BCUT2D eigenvalue weighted by Gasteiger charge is 2.11. The summed E-state index contributed by atoms with van der Waals surface area (Å²) >= 11 is 0. The second-order valence-electron chi connectivity index (χ2n) is 3.56. The van der Waals surface area contributed by atoms with E-state index in [1.165, 1.54) is 4.68 Å². The average Bonchev–Trinajstić information content (AvgIpc) is 2.62. The van der Waals surface area contributed by atoms with Crippen molar-refractivity contribution in [2.45, 2.75) is 19.9 Å². The molecule has 0 aliphatic rings. The Labute approximate surface area is 97.3 Å². The molecule has 1 aromatic rings. The Balaban J connectivity index is 2.56. The molecule has 0 aromatic carbocycles. The molecular formula is C9H13N5O3. The SMILES string of the molecule is C=C(C)Cn1nnnc1CC(=O)NCC(=O)O. The van der Waals surface area contributed by atoms with Crippen LogP contribution in [0.15, 0.2) is 12.2 Å². The molecule has 0 radical (unpaired) electrons. The number of carbonyl (C=O) groups is 2. The molecule has 1 aromatic heterocycles. The van der Waals surface area contributed by atoms with Crippen molar-refractivity contribution >= 4 is 11.9 Å². The van der Waals surface area contributed by atoms with Crippen LogP contribution in [-0.2, 0) is 22.6 Å². The molecule has 2 N–H and O–H groups in total. The zero-order valence-electron chi connectivity index (χ0n) is 9.38. The Kier molecular flexibility index (Phi) is 4.32. The molecule has 0 atom stereocenters. The predicted molar refractivity (Wildman–Crippen MR) is 57.0 cm³/mol. The fourth-order valence-electron chi connectivity index (χ4n) is 1.11. The van der Waals surface area contributed by atoms with Gasteiger partial charge in [0, 0.05) is 0 Å². The van der Waals surface area contributed by atoms with Crippen LogP contribution in [-0.4, -0.2) is 43.7 Å². The summed E-state index contributed by atoms with van der Waals surface area (Å²) in [6.45, 7) is 5.54. The molecule has 8 nitrogen and oxygen atoms in total. The van der Waals surface area contributed by atoms with Crippen LogP contribution in [0, 0.1) is 0 Å². The number of allylic oxidation sites excluding steroid dienone is 1. The van der Waals surface area contributed by atoms with E-state index in [2.05, 4.69) is 27.4 Å². The van der Waals surface area contributed by atoms with Crippen molar-refractivity contribution in [3.05, 3.63) is 18.0 Å². The first-order chi connectivity index (χ1) is 7.99. The van der Waals surface area contributed by atoms with Gasteiger partial charge in [0.25, 0.3) is 0 Å². The summed E-state index contributed by atoms with van der Waals surface area (Å²) in [6.07, 6.45) is -0.0619. The van der Waals surface area contributed by atoms with Crippen molar-refractivity contribution in [2.24, 2.45) is 0 Å². The third-order valence-corrected chi connectivity index (χ3v) is 1.78. The molecule has 1 amide bonds. The Hall–Kier alpha value is -2.25. The van der Waals surface area contributed by atoms with Crippen LogP contribution in [0.5, 0.6) is 0 Å². The Morgan fingerprint density at radius 3 is 2.82 bits per heavy atom. The molecule has 1 rings (SSSR count). The first kappa shape index (κ1) is 12.8. The lowest BCUT2D eigenvalue weighted by atomic mass is 10.3. The van der Waals surface area contributed by atoms with E-state index in [4.69, 9.17) is 5.11 Å². The number of carboxylic acids is 1. The number of aliphatic carboxylic acids is 1. The average molecular weight is 239 g/mol. The fourth-order valence-corrected chi connectivity index (χ4v) is 1.11. The predicted octanol–water partition coefficient (Wildman–Crippen LogP) is -1.01. The Morgan fingerprint density at radius 1 is 1.53 bits per heavy atom. The molecule has 0 aliphatic carbocycles. The van der Waals surface area contributed by atoms with Gasteiger partial charge in [-0.15, -0.1) is 5.10 Å². The van der Waals surface area contributed by atoms with E-state index in [0.717, 1.165) is 5.57 Å². The molecule has 0 saturated carbocycles. The number of tetrazole rings is 1. The van der Waals surface area contributed by atoms with Crippen molar-refractivity contribution in [3.8, 4) is 0 Å². The minimum atomic E-state index is -1.10. The number of amides is 1. The second kappa shape index (κ2) is 5.73. The lowest BCUT2D eigenvalue weighted by molar-refractivity contribution is -0.137. The highest BCUT2D eigenvalue weighted by molar-refractivity contribution is 5.82. The summed E-state index contributed by atoms with van der Waals surface area (Å²) in [7, 11) is 0. The molecule has 0 unspecified atom stereocenters. The Bertz CT molecular complexity index is 440. The third kappa shape index (κ3) is 4.41. The van der Waals surface area contributed by atoms with Gasteiger partial charge in [-0.3, -0.25) is 9.59 Å². The zero-order chi connectivity index (χ0) is 12.8. The fraction of sp³-hybridized carbons (Fsp3) is 0.444. The lowest BCUT2D eigenvalue weighted by Crippen LogP contribution is -2.31. The summed E-state index contributed by atoms with van der Waals surface area (Å²) < 4.78 is 1.45. The molecule has 0 aliphatic heterocycles. The van der Waals surface area contributed by atoms with E-state index < -0.39 is 18.4 Å². The first-order valence-corrected chi connectivity index (χ1v) is 4.87. The van der Waals surface area contributed by atoms with E-state index in [-0.39, 0.29) is 6.42 Å². The number of carboxylic acid groups (broad SMARTS) is 1. The van der Waals surface area contributed by atoms with Gasteiger partial charge in [-0.2, -0.15) is 0 Å². The maximum absolute atomic E-state index is 11.3. The van der Waals surface area contributed by atoms with Gasteiger partial charge >= 0.3 is 5.97 Å². The van der Waals surface area contributed by atoms with Crippen LogP contribution < -0.4 is 5.32 Å². The standard InChI is InChI=1S/C9H13N5O3/c1-6(2)5-14-7(11-12-13-14)3-8(15)10-4-9(16)17/h1,3-5H2,2H3,(H,10,15)(H,16,17). The normalized spacial score (nSPS) is 9.94. The number of nitrogens with one attached hydrogen (secondary N) is 1. The summed E-state index contributed by atoms with van der Waals surface area (Å²) in [4.78, 5) is 21.6. The van der Waals surface area contributed by atoms with Gasteiger partial charge in [0.1, 0.15) is 6.54 Å². The minimum Gasteiger partial charge on any atom is -0.480 e. The Morgan fingerprint density at radius 2 is 2.24 bits per heavy atom. The number of aromatic nitrogens is 4. The van der Waals surface area contributed by atoms with Crippen LogP contribution >= 0.6 is 0 Å². The van der Waals surface area contributed by atoms with Gasteiger partial charge in [-0.05, 0) is 17.4 Å². The molecular weight excluding hydrogens is 226 g/mol. The summed E-state index contributed by atoms with van der Waals surface area (Å²) in [6, 6.07) is 0. The van der Waals surface area contributed by atoms with E-state index in [0.29, 0.717) is 12.4 Å². The molecule has 92 valence electrons. The molecule has 0 saturated heterocycles. The zero-order valence-corrected chi connectivity index (χ0v) is 9.38. The van der Waals surface area contributed by atoms with E-state index >= 15 is 0 Å². The van der Waals surface area contributed by atoms with Gasteiger partial charge in [-0.1, -0.05) is 12.2 Å². The monoisotopic (exact) mass is 239 g/mol. The van der Waals surface area contributed by atoms with Crippen molar-refractivity contribution in [2.75, 3.05) is 6.54 Å². The number of rotatable bonds is 6. The van der Waals surface area contributed by atoms with Gasteiger partial charge in [0.2, 0.25) is 5.91 Å². The van der Waals surface area contributed by atoms with Gasteiger partial charge < -0.3 is 10.4 Å². The van der Waals surface area contributed by atoms with E-state index in [1.807, 2.05) is 6.92 Å². The number of carbonyl (C=O) groups excluding carboxylic acids is 1. The molecule has 0 fully saturated rings. The maximum atomic E-state index is 11.3. The summed E-state index contributed by atoms with van der Waals surface area (Å²) in [5.41, 5.74) is 0.851. The molecule has 1 heterocycles. The van der Waals surface area contributed by atoms with Gasteiger partial charge in [-0.25, -0.2) is 4.68 Å². The molecule has 17 heavy (non-hydrogen) atoms. The van der Waals surface area contributed by atoms with Gasteiger partial charge in [0.05, 0.1) is 13.0 Å². The minimum absolute atomic E-state index is 0.0619. The van der Waals surface area contributed by atoms with Crippen molar-refractivity contribution in [1.82, 2.24) is 25.5 Å². The second-order valence-corrected chi connectivity index (χ2v) is 3.56. The summed E-state index contributed by atoms with van der Waals surface area (Å²) in [5, 5.41) is 21.5. The molecule has 0 spiro atoms. The van der Waals surface area contributed by atoms with Crippen molar-refractivity contribution in [3.63, 3.8) is 0 Å². The van der Waals surface area contributed by atoms with Crippen LogP contribution in [0.2, 0.25) is 0 Å². The molecule has 0 bridgehead atoms. The summed E-state index contributed by atoms with van der Waals surface area (Å²) in [5.74, 6) is -1.17. The molecule has 8 heteroatoms. The van der Waals surface area contributed by atoms with Crippen molar-refractivity contribution < 1.29 is 14.7 Å². The van der Waals surface area contributed by atoms with Crippen LogP contribution in [0.25, 0.3) is 0 Å². The highest BCUT2D eigenvalue weighted by Crippen LogP contribution is 1.98. The number of hydrogen-bond acceptors (Lipinski definition) is 5. The topological polar surface area (TPSA) is 110 Å². The first-order valence-electron chi connectivity index (χ1n) is 4.87. The van der Waals surface area contributed by atoms with E-state index in [9.17, 15) is 9.59 Å². The van der Waals surface area contributed by atoms with Crippen LogP contribution in [0.3, 0.4) is 0 Å². The number of nitrogens with zero attached hydrogens (tertiary/aromatic N) is 4. The van der Waals surface area contributed by atoms with Crippen LogP contribution in [0.4, 0.5) is 0 Å².